The molecular weight excluding hydrogens is 389 g/mol. The topological polar surface area (TPSA) is 46.6 Å². The van der Waals surface area contributed by atoms with E-state index < -0.39 is 9.84 Å². The summed E-state index contributed by atoms with van der Waals surface area (Å²) in [6, 6.07) is 9.18. The molecule has 2 aromatic carbocycles. The van der Waals surface area contributed by atoms with Crippen molar-refractivity contribution in [3.8, 4) is 5.75 Å². The minimum atomic E-state index is -3.51. The molecule has 1 unspecified atom stereocenters. The maximum absolute atomic E-state index is 13.4. The molecule has 3 rings (SSSR count). The van der Waals surface area contributed by atoms with E-state index >= 15 is 0 Å². The van der Waals surface area contributed by atoms with Crippen LogP contribution in [-0.2, 0) is 9.84 Å². The molecule has 27 heavy (non-hydrogen) atoms. The number of halogens is 2. The first kappa shape index (κ1) is 20.0. The highest BCUT2D eigenvalue weighted by Gasteiger charge is 2.33. The highest BCUT2D eigenvalue weighted by atomic mass is 35.5. The molecule has 146 valence electrons. The summed E-state index contributed by atoms with van der Waals surface area (Å²) in [7, 11) is -2.05. The highest BCUT2D eigenvalue weighted by Crippen LogP contribution is 2.42. The van der Waals surface area contributed by atoms with Crippen molar-refractivity contribution in [2.45, 2.75) is 31.1 Å². The van der Waals surface area contributed by atoms with Gasteiger partial charge >= 0.3 is 0 Å². The van der Waals surface area contributed by atoms with Gasteiger partial charge in [0.15, 0.2) is 9.84 Å². The van der Waals surface area contributed by atoms with Gasteiger partial charge in [0, 0.05) is 18.3 Å². The summed E-state index contributed by atoms with van der Waals surface area (Å²) < 4.78 is 44.8. The Labute approximate surface area is 164 Å². The maximum atomic E-state index is 13.4. The number of sulfone groups is 1. The van der Waals surface area contributed by atoms with Gasteiger partial charge in [0.05, 0.1) is 28.5 Å². The Balaban J connectivity index is 2.17. The number of rotatable bonds is 5. The summed E-state index contributed by atoms with van der Waals surface area (Å²) in [6.07, 6.45) is 2.77. The average molecular weight is 412 g/mol. The van der Waals surface area contributed by atoms with Crippen LogP contribution in [0.15, 0.2) is 41.3 Å². The molecule has 0 bridgehead atoms. The Morgan fingerprint density at radius 2 is 1.96 bits per heavy atom. The zero-order valence-electron chi connectivity index (χ0n) is 15.4. The lowest BCUT2D eigenvalue weighted by Gasteiger charge is -2.27. The highest BCUT2D eigenvalue weighted by molar-refractivity contribution is 7.91. The second-order valence-corrected chi connectivity index (χ2v) is 9.24. The molecule has 0 aromatic heterocycles. The van der Waals surface area contributed by atoms with E-state index in [9.17, 15) is 12.8 Å². The van der Waals surface area contributed by atoms with Crippen LogP contribution in [0.5, 0.6) is 5.75 Å². The number of fused-ring (bicyclic) bond motifs is 1. The molecule has 7 heteroatoms. The van der Waals surface area contributed by atoms with Crippen LogP contribution in [0, 0.1) is 11.7 Å². The van der Waals surface area contributed by atoms with Crippen molar-refractivity contribution in [1.29, 1.82) is 0 Å². The van der Waals surface area contributed by atoms with Crippen molar-refractivity contribution in [2.24, 2.45) is 5.92 Å². The fraction of sp³-hybridized carbons (Fsp3) is 0.400. The van der Waals surface area contributed by atoms with Crippen LogP contribution in [0.25, 0.3) is 0 Å². The number of hydrogen-bond donors (Lipinski definition) is 0. The SMILES string of the molecule is CCCCC1CN(c2ccc(F)cc2)c2cc(Cl)c(OC)cc2S(=O)(=O)C1. The van der Waals surface area contributed by atoms with Gasteiger partial charge in [-0.2, -0.15) is 0 Å². The fourth-order valence-electron chi connectivity index (χ4n) is 3.48. The summed E-state index contributed by atoms with van der Waals surface area (Å²) in [5, 5.41) is 0.338. The third kappa shape index (κ3) is 4.22. The first-order valence-corrected chi connectivity index (χ1v) is 11.0. The number of nitrogens with zero attached hydrogens (tertiary/aromatic N) is 1. The molecule has 0 fully saturated rings. The normalized spacial score (nSPS) is 18.7. The zero-order valence-corrected chi connectivity index (χ0v) is 17.0. The number of hydrogen-bond acceptors (Lipinski definition) is 4. The first-order valence-electron chi connectivity index (χ1n) is 8.99. The summed E-state index contributed by atoms with van der Waals surface area (Å²) >= 11 is 6.30. The molecule has 0 aliphatic carbocycles. The summed E-state index contributed by atoms with van der Waals surface area (Å²) in [5.74, 6) is 0.0293. The molecule has 0 amide bonds. The van der Waals surface area contributed by atoms with Gasteiger partial charge < -0.3 is 9.64 Å². The Bertz CT molecular complexity index is 916. The van der Waals surface area contributed by atoms with Crippen molar-refractivity contribution >= 4 is 32.8 Å². The van der Waals surface area contributed by atoms with Gasteiger partial charge in [-0.05, 0) is 42.7 Å². The monoisotopic (exact) mass is 411 g/mol. The molecule has 0 spiro atoms. The maximum Gasteiger partial charge on any atom is 0.180 e. The quantitative estimate of drug-likeness (QED) is 0.676. The number of anilines is 2. The second kappa shape index (κ2) is 8.07. The Morgan fingerprint density at radius 3 is 2.59 bits per heavy atom. The minimum Gasteiger partial charge on any atom is -0.495 e. The number of benzene rings is 2. The van der Waals surface area contributed by atoms with Crippen LogP contribution >= 0.6 is 11.6 Å². The van der Waals surface area contributed by atoms with Gasteiger partial charge in [0.1, 0.15) is 11.6 Å². The molecular formula is C20H23ClFNO3S. The smallest absolute Gasteiger partial charge is 0.180 e. The largest absolute Gasteiger partial charge is 0.495 e. The predicted octanol–water partition coefficient (Wildman–Crippen LogP) is 5.22. The molecule has 0 saturated heterocycles. The molecule has 0 radical (unpaired) electrons. The van der Waals surface area contributed by atoms with Crippen molar-refractivity contribution in [2.75, 3.05) is 24.3 Å². The second-order valence-electron chi connectivity index (χ2n) is 6.83. The molecule has 1 aliphatic rings. The van der Waals surface area contributed by atoms with Crippen molar-refractivity contribution in [3.05, 3.63) is 47.2 Å². The van der Waals surface area contributed by atoms with E-state index in [-0.39, 0.29) is 22.4 Å². The van der Waals surface area contributed by atoms with Gasteiger partial charge in [-0.3, -0.25) is 0 Å². The van der Waals surface area contributed by atoms with E-state index in [1.165, 1.54) is 25.3 Å². The number of methoxy groups -OCH3 is 1. The molecule has 1 heterocycles. The average Bonchev–Trinajstić information content (AvgIpc) is 2.74. The van der Waals surface area contributed by atoms with E-state index in [1.54, 1.807) is 18.2 Å². The zero-order chi connectivity index (χ0) is 19.6. The first-order chi connectivity index (χ1) is 12.9. The van der Waals surface area contributed by atoms with E-state index in [1.807, 2.05) is 4.90 Å². The molecule has 1 aliphatic heterocycles. The Morgan fingerprint density at radius 1 is 1.26 bits per heavy atom. The van der Waals surface area contributed by atoms with Crippen LogP contribution in [0.1, 0.15) is 26.2 Å². The summed E-state index contributed by atoms with van der Waals surface area (Å²) in [6.45, 7) is 2.61. The molecule has 1 atom stereocenters. The molecule has 4 nitrogen and oxygen atoms in total. The van der Waals surface area contributed by atoms with Crippen LogP contribution < -0.4 is 9.64 Å². The Kier molecular flexibility index (Phi) is 5.96. The van der Waals surface area contributed by atoms with Gasteiger partial charge in [-0.25, -0.2) is 12.8 Å². The summed E-state index contributed by atoms with van der Waals surface area (Å²) in [5.41, 5.74) is 1.24. The molecule has 0 N–H and O–H groups in total. The van der Waals surface area contributed by atoms with E-state index in [0.717, 1.165) is 24.9 Å². The number of unbranched alkanes of at least 4 members (excludes halogenated alkanes) is 1. The Hall–Kier alpha value is -1.79. The summed E-state index contributed by atoms with van der Waals surface area (Å²) in [4.78, 5) is 2.12. The van der Waals surface area contributed by atoms with E-state index in [2.05, 4.69) is 6.92 Å². The minimum absolute atomic E-state index is 0.0304. The lowest BCUT2D eigenvalue weighted by molar-refractivity contribution is 0.413. The standard InChI is InChI=1S/C20H23ClFNO3S/c1-3-4-5-14-12-23(16-8-6-15(22)7-9-16)18-10-17(21)19(26-2)11-20(18)27(24,25)13-14/h6-11,14H,3-5,12-13H2,1-2H3. The predicted molar refractivity (Wildman–Crippen MR) is 106 cm³/mol. The lowest BCUT2D eigenvalue weighted by Crippen LogP contribution is -2.26. The van der Waals surface area contributed by atoms with E-state index in [4.69, 9.17) is 16.3 Å². The fourth-order valence-corrected chi connectivity index (χ4v) is 5.56. The van der Waals surface area contributed by atoms with Crippen LogP contribution in [0.3, 0.4) is 0 Å². The van der Waals surface area contributed by atoms with Gasteiger partial charge in [-0.15, -0.1) is 0 Å². The van der Waals surface area contributed by atoms with Crippen LogP contribution in [0.4, 0.5) is 15.8 Å². The molecule has 2 aromatic rings. The van der Waals surface area contributed by atoms with Crippen molar-refractivity contribution < 1.29 is 17.5 Å². The van der Waals surface area contributed by atoms with Crippen molar-refractivity contribution in [3.63, 3.8) is 0 Å². The lowest BCUT2D eigenvalue weighted by atomic mass is 10.0. The van der Waals surface area contributed by atoms with Gasteiger partial charge in [0.25, 0.3) is 0 Å². The van der Waals surface area contributed by atoms with Crippen molar-refractivity contribution in [1.82, 2.24) is 0 Å². The van der Waals surface area contributed by atoms with Crippen LogP contribution in [0.2, 0.25) is 5.02 Å². The number of ether oxygens (including phenoxy) is 1. The molecule has 0 saturated carbocycles. The third-order valence-electron chi connectivity index (χ3n) is 4.86. The van der Waals surface area contributed by atoms with E-state index in [0.29, 0.717) is 23.0 Å². The van der Waals surface area contributed by atoms with Gasteiger partial charge in [-0.1, -0.05) is 31.4 Å². The van der Waals surface area contributed by atoms with Gasteiger partial charge in [0.2, 0.25) is 0 Å². The third-order valence-corrected chi connectivity index (χ3v) is 7.06. The van der Waals surface area contributed by atoms with Crippen LogP contribution in [-0.4, -0.2) is 27.8 Å².